The number of amides is 2. The van der Waals surface area contributed by atoms with Crippen molar-refractivity contribution in [3.8, 4) is 5.75 Å². The molecule has 1 aliphatic rings. The van der Waals surface area contributed by atoms with Crippen LogP contribution in [0.3, 0.4) is 0 Å². The molecule has 0 bridgehead atoms. The maximum absolute atomic E-state index is 12.7. The molecule has 3 rings (SSSR count). The van der Waals surface area contributed by atoms with Crippen LogP contribution in [-0.4, -0.2) is 42.9 Å². The molecule has 0 atom stereocenters. The van der Waals surface area contributed by atoms with Gasteiger partial charge in [0.1, 0.15) is 5.75 Å². The van der Waals surface area contributed by atoms with Gasteiger partial charge in [0.15, 0.2) is 0 Å². The van der Waals surface area contributed by atoms with Crippen LogP contribution in [0.15, 0.2) is 41.3 Å². The zero-order valence-corrected chi connectivity index (χ0v) is 15.7. The Hall–Kier alpha value is -2.31. The summed E-state index contributed by atoms with van der Waals surface area (Å²) in [4.78, 5) is 26.6. The Morgan fingerprint density at radius 2 is 1.96 bits per heavy atom. The average molecular weight is 371 g/mol. The second-order valence-electron chi connectivity index (χ2n) is 5.81. The van der Waals surface area contributed by atoms with E-state index >= 15 is 0 Å². The lowest BCUT2D eigenvalue weighted by Gasteiger charge is -2.12. The molecule has 26 heavy (non-hydrogen) atoms. The highest BCUT2D eigenvalue weighted by molar-refractivity contribution is 8.18. The lowest BCUT2D eigenvalue weighted by molar-refractivity contribution is -0.122. The van der Waals surface area contributed by atoms with E-state index in [9.17, 15) is 9.59 Å². The maximum atomic E-state index is 12.7. The van der Waals surface area contributed by atoms with Crippen LogP contribution < -0.4 is 4.74 Å². The zero-order chi connectivity index (χ0) is 18.5. The number of imide groups is 1. The minimum Gasteiger partial charge on any atom is -0.493 e. The second-order valence-corrected chi connectivity index (χ2v) is 6.80. The molecule has 1 heterocycles. The van der Waals surface area contributed by atoms with Gasteiger partial charge in [-0.15, -0.1) is 0 Å². The second kappa shape index (κ2) is 8.38. The van der Waals surface area contributed by atoms with E-state index in [2.05, 4.69) is 0 Å². The van der Waals surface area contributed by atoms with E-state index in [0.29, 0.717) is 36.8 Å². The first-order valence-corrected chi connectivity index (χ1v) is 9.36. The third-order valence-corrected chi connectivity index (χ3v) is 5.02. The molecule has 1 saturated heterocycles. The molecule has 0 N–H and O–H groups in total. The van der Waals surface area contributed by atoms with Crippen LogP contribution in [-0.2, 0) is 9.53 Å². The predicted octanol–water partition coefficient (Wildman–Crippen LogP) is 4.31. The topological polar surface area (TPSA) is 55.8 Å². The summed E-state index contributed by atoms with van der Waals surface area (Å²) in [5.74, 6) is 0.448. The SMILES string of the molecule is CCOc1ccc2ccccc2c1/C=C1/SC(=O)N(CCCOC)C1=O. The van der Waals surface area contributed by atoms with Crippen molar-refractivity contribution in [3.05, 3.63) is 46.9 Å². The highest BCUT2D eigenvalue weighted by atomic mass is 32.2. The van der Waals surface area contributed by atoms with Gasteiger partial charge in [0, 0.05) is 25.8 Å². The molecular formula is C20H21NO4S. The molecule has 2 aromatic carbocycles. The fourth-order valence-electron chi connectivity index (χ4n) is 2.90. The fourth-order valence-corrected chi connectivity index (χ4v) is 3.74. The van der Waals surface area contributed by atoms with Gasteiger partial charge >= 0.3 is 0 Å². The lowest BCUT2D eigenvalue weighted by atomic mass is 10.0. The minimum atomic E-state index is -0.258. The van der Waals surface area contributed by atoms with Gasteiger partial charge in [-0.25, -0.2) is 0 Å². The fraction of sp³-hybridized carbons (Fsp3) is 0.300. The van der Waals surface area contributed by atoms with Crippen molar-refractivity contribution in [3.63, 3.8) is 0 Å². The lowest BCUT2D eigenvalue weighted by Crippen LogP contribution is -2.29. The largest absolute Gasteiger partial charge is 0.493 e. The Morgan fingerprint density at radius 1 is 1.15 bits per heavy atom. The molecule has 0 radical (unpaired) electrons. The van der Waals surface area contributed by atoms with Crippen LogP contribution in [0.25, 0.3) is 16.8 Å². The van der Waals surface area contributed by atoms with Gasteiger partial charge in [-0.1, -0.05) is 30.3 Å². The van der Waals surface area contributed by atoms with Crippen molar-refractivity contribution in [1.29, 1.82) is 0 Å². The third-order valence-electron chi connectivity index (χ3n) is 4.11. The van der Waals surface area contributed by atoms with Crippen LogP contribution in [0.2, 0.25) is 0 Å². The molecule has 0 aromatic heterocycles. The van der Waals surface area contributed by atoms with E-state index in [1.807, 2.05) is 43.3 Å². The van der Waals surface area contributed by atoms with Gasteiger partial charge in [0.05, 0.1) is 11.5 Å². The molecular weight excluding hydrogens is 350 g/mol. The Morgan fingerprint density at radius 3 is 2.73 bits per heavy atom. The molecule has 5 nitrogen and oxygen atoms in total. The molecule has 0 saturated carbocycles. The standard InChI is InChI=1S/C20H21NO4S/c1-3-25-17-10-9-14-7-4-5-8-15(14)16(17)13-18-19(22)21(20(23)26-18)11-6-12-24-2/h4-5,7-10,13H,3,6,11-12H2,1-2H3/b18-13+. The first-order valence-electron chi connectivity index (χ1n) is 8.54. The minimum absolute atomic E-state index is 0.240. The quantitative estimate of drug-likeness (QED) is 0.536. The summed E-state index contributed by atoms with van der Waals surface area (Å²) in [6.07, 6.45) is 2.40. The summed E-state index contributed by atoms with van der Waals surface area (Å²) in [6, 6.07) is 11.8. The number of carbonyl (C=O) groups excluding carboxylic acids is 2. The summed E-state index contributed by atoms with van der Waals surface area (Å²) in [5, 5.41) is 1.81. The normalized spacial score (nSPS) is 16.1. The van der Waals surface area contributed by atoms with Crippen LogP contribution in [0, 0.1) is 0 Å². The summed E-state index contributed by atoms with van der Waals surface area (Å²) < 4.78 is 10.7. The van der Waals surface area contributed by atoms with Crippen LogP contribution in [0.1, 0.15) is 18.9 Å². The molecule has 0 aliphatic carbocycles. The first-order chi connectivity index (χ1) is 12.7. The molecule has 1 fully saturated rings. The van der Waals surface area contributed by atoms with E-state index in [0.717, 1.165) is 28.1 Å². The van der Waals surface area contributed by atoms with Crippen molar-refractivity contribution < 1.29 is 19.1 Å². The van der Waals surface area contributed by atoms with Crippen LogP contribution in [0.5, 0.6) is 5.75 Å². The molecule has 1 aliphatic heterocycles. The number of hydrogen-bond donors (Lipinski definition) is 0. The number of methoxy groups -OCH3 is 1. The number of fused-ring (bicyclic) bond motifs is 1. The van der Waals surface area contributed by atoms with Crippen molar-refractivity contribution in [2.24, 2.45) is 0 Å². The summed E-state index contributed by atoms with van der Waals surface area (Å²) >= 11 is 0.972. The van der Waals surface area contributed by atoms with Gasteiger partial charge in [-0.05, 0) is 48.0 Å². The van der Waals surface area contributed by atoms with E-state index in [-0.39, 0.29) is 11.1 Å². The van der Waals surface area contributed by atoms with Crippen LogP contribution >= 0.6 is 11.8 Å². The highest BCUT2D eigenvalue weighted by Gasteiger charge is 2.34. The molecule has 136 valence electrons. The van der Waals surface area contributed by atoms with Crippen molar-refractivity contribution >= 4 is 39.8 Å². The smallest absolute Gasteiger partial charge is 0.293 e. The van der Waals surface area contributed by atoms with Crippen molar-refractivity contribution in [2.45, 2.75) is 13.3 Å². The maximum Gasteiger partial charge on any atom is 0.293 e. The van der Waals surface area contributed by atoms with E-state index in [4.69, 9.17) is 9.47 Å². The first kappa shape index (κ1) is 18.5. The van der Waals surface area contributed by atoms with Gasteiger partial charge < -0.3 is 9.47 Å². The van der Waals surface area contributed by atoms with Crippen LogP contribution in [0.4, 0.5) is 4.79 Å². The Balaban J connectivity index is 1.97. The van der Waals surface area contributed by atoms with E-state index in [1.165, 1.54) is 4.90 Å². The molecule has 0 unspecified atom stereocenters. The number of thioether (sulfide) groups is 1. The number of benzene rings is 2. The number of carbonyl (C=O) groups is 2. The number of nitrogens with zero attached hydrogens (tertiary/aromatic N) is 1. The van der Waals surface area contributed by atoms with Crippen molar-refractivity contribution in [1.82, 2.24) is 4.90 Å². The summed E-state index contributed by atoms with van der Waals surface area (Å²) in [7, 11) is 1.60. The number of rotatable bonds is 7. The Labute approximate surface area is 157 Å². The van der Waals surface area contributed by atoms with Gasteiger partial charge in [-0.2, -0.15) is 0 Å². The average Bonchev–Trinajstić information content (AvgIpc) is 2.91. The molecule has 6 heteroatoms. The monoisotopic (exact) mass is 371 g/mol. The third kappa shape index (κ3) is 3.76. The summed E-state index contributed by atoms with van der Waals surface area (Å²) in [6.45, 7) is 3.32. The summed E-state index contributed by atoms with van der Waals surface area (Å²) in [5.41, 5.74) is 0.826. The van der Waals surface area contributed by atoms with E-state index < -0.39 is 0 Å². The number of hydrogen-bond acceptors (Lipinski definition) is 5. The Bertz CT molecular complexity index is 862. The highest BCUT2D eigenvalue weighted by Crippen LogP contribution is 2.36. The van der Waals surface area contributed by atoms with Gasteiger partial charge in [0.2, 0.25) is 0 Å². The van der Waals surface area contributed by atoms with E-state index in [1.54, 1.807) is 13.2 Å². The predicted molar refractivity (Wildman–Crippen MR) is 104 cm³/mol. The zero-order valence-electron chi connectivity index (χ0n) is 14.9. The Kier molecular flexibility index (Phi) is 5.96. The molecule has 2 amide bonds. The molecule has 2 aromatic rings. The van der Waals surface area contributed by atoms with Gasteiger partial charge in [0.25, 0.3) is 11.1 Å². The van der Waals surface area contributed by atoms with Gasteiger partial charge in [-0.3, -0.25) is 14.5 Å². The molecule has 0 spiro atoms. The number of ether oxygens (including phenoxy) is 2. The van der Waals surface area contributed by atoms with Crippen molar-refractivity contribution in [2.75, 3.05) is 26.9 Å².